The summed E-state index contributed by atoms with van der Waals surface area (Å²) in [6, 6.07) is 0. The Labute approximate surface area is 289 Å². The summed E-state index contributed by atoms with van der Waals surface area (Å²) in [6.45, 7) is 0. The maximum atomic E-state index is 10.4. The number of rotatable bonds is 0. The van der Waals surface area contributed by atoms with Gasteiger partial charge in [0, 0.05) is 0 Å². The minimum absolute atomic E-state index is 0. The lowest BCUT2D eigenvalue weighted by Crippen LogP contribution is -1.56. The molecule has 0 unspecified atom stereocenters. The molecule has 0 bridgehead atoms. The van der Waals surface area contributed by atoms with E-state index in [1.165, 1.54) is 0 Å². The van der Waals surface area contributed by atoms with Gasteiger partial charge in [-0.15, -0.1) is 37.8 Å². The van der Waals surface area contributed by atoms with E-state index in [-0.39, 0.29) is 52.1 Å². The van der Waals surface area contributed by atoms with Gasteiger partial charge >= 0.3 is 71.2 Å². The molecule has 306 valence electrons. The van der Waals surface area contributed by atoms with Crippen LogP contribution in [0.25, 0.3) is 0 Å². The van der Waals surface area contributed by atoms with Gasteiger partial charge in [-0.3, -0.25) is 88.1 Å². The van der Waals surface area contributed by atoms with Crippen LogP contribution in [0.4, 0.5) is 37.8 Å². The van der Waals surface area contributed by atoms with Crippen LogP contribution in [0.2, 0.25) is 0 Å². The lowest BCUT2D eigenvalue weighted by molar-refractivity contribution is 0.320. The predicted molar refractivity (Wildman–Crippen MR) is 148 cm³/mol. The average molecular weight is 990 g/mol. The van der Waals surface area contributed by atoms with E-state index in [0.717, 1.165) is 0 Å². The van der Waals surface area contributed by atoms with Crippen LogP contribution in [0.5, 0.6) is 0 Å². The second-order valence-corrected chi connectivity index (χ2v) is 12.8. The van der Waals surface area contributed by atoms with Crippen molar-refractivity contribution in [2.24, 2.45) is 0 Å². The van der Waals surface area contributed by atoms with E-state index in [9.17, 15) is 37.8 Å². The van der Waals surface area contributed by atoms with Crippen LogP contribution in [0.15, 0.2) is 0 Å². The molecule has 18 N–H and O–H groups in total. The average Bonchev–Trinajstić information content (AvgIpc) is 2.26. The van der Waals surface area contributed by atoms with Gasteiger partial charge in [-0.25, -0.2) is 41.1 Å². The topological polar surface area (TPSA) is 518 Å². The molecule has 48 heteroatoms. The Kier molecular flexibility index (Phi) is 63.0. The van der Waals surface area contributed by atoms with Crippen molar-refractivity contribution in [1.29, 1.82) is 0 Å². The van der Waals surface area contributed by atoms with Crippen molar-refractivity contribution in [3.63, 3.8) is 0 Å². The Bertz CT molecular complexity index is 779. The van der Waals surface area contributed by atoms with Crippen molar-refractivity contribution in [1.82, 2.24) is 0 Å². The zero-order chi connectivity index (χ0) is 40.5. The first-order valence-corrected chi connectivity index (χ1v) is 20.3. The molecular weight excluding hydrogens is 963 g/mol. The highest BCUT2D eigenvalue weighted by molar-refractivity contribution is 7.47. The van der Waals surface area contributed by atoms with Crippen LogP contribution in [0, 0.1) is 0 Å². The molecule has 0 spiro atoms. The van der Waals surface area contributed by atoms with Gasteiger partial charge in [0.25, 0.3) is 0 Å². The molecule has 0 rings (SSSR count). The predicted octanol–water partition coefficient (Wildman–Crippen LogP) is -3.11. The largest absolute Gasteiger partial charge is 0.507 e. The van der Waals surface area contributed by atoms with E-state index in [4.69, 9.17) is 129 Å². The third-order valence-electron chi connectivity index (χ3n) is 0. The molecule has 0 heterocycles. The minimum atomic E-state index is -5.14. The molecule has 27 nitrogen and oxygen atoms in total. The molecule has 0 aliphatic rings. The molecular formula is H27Al3F9O27P9. The van der Waals surface area contributed by atoms with E-state index in [0.29, 0.717) is 0 Å². The van der Waals surface area contributed by atoms with Crippen molar-refractivity contribution < 1.29 is 167 Å². The molecule has 0 saturated heterocycles. The fourth-order valence-electron chi connectivity index (χ4n) is 0. The minimum Gasteiger partial charge on any atom is -0.299 e. The van der Waals surface area contributed by atoms with E-state index in [1.54, 1.807) is 0 Å². The van der Waals surface area contributed by atoms with E-state index >= 15 is 0 Å². The maximum absolute atomic E-state index is 10.4. The molecule has 0 aliphatic heterocycles. The Hall–Kier alpha value is 2.32. The SMILES string of the molecule is O=P(O)(O)F.O=P(O)(O)F.O=P(O)(O)F.O=P(O)(O)F.O=P(O)(O)F.O=P(O)(O)F.O=P(O)(O)F.O=P(O)(O)F.O=P(O)(O)F.[AlH3].[AlH3].[AlH3]. The fraction of sp³-hybridized carbons (Fsp3) is 0. The molecule has 0 amide bonds. The van der Waals surface area contributed by atoms with E-state index < -0.39 is 71.2 Å². The highest BCUT2D eigenvalue weighted by Crippen LogP contribution is 2.38. The Morgan fingerprint density at radius 1 is 0.188 bits per heavy atom. The fourth-order valence-corrected chi connectivity index (χ4v) is 0. The Morgan fingerprint density at radius 2 is 0.188 bits per heavy atom. The van der Waals surface area contributed by atoms with Crippen molar-refractivity contribution >= 4 is 123 Å². The number of hydrogen-bond acceptors (Lipinski definition) is 9. The summed E-state index contributed by atoms with van der Waals surface area (Å²) < 4.78 is 171. The summed E-state index contributed by atoms with van der Waals surface area (Å²) in [5.74, 6) is 0. The van der Waals surface area contributed by atoms with E-state index in [2.05, 4.69) is 0 Å². The Morgan fingerprint density at radius 3 is 0.188 bits per heavy atom. The molecule has 0 saturated carbocycles. The first kappa shape index (κ1) is 83.4. The summed E-state index contributed by atoms with van der Waals surface area (Å²) in [6.07, 6.45) is 0. The van der Waals surface area contributed by atoms with Crippen LogP contribution in [0.3, 0.4) is 0 Å². The lowest BCUT2D eigenvalue weighted by atomic mass is 15.8. The van der Waals surface area contributed by atoms with Crippen LogP contribution in [0.1, 0.15) is 0 Å². The molecule has 0 atom stereocenters. The maximum Gasteiger partial charge on any atom is 0.507 e. The van der Waals surface area contributed by atoms with Gasteiger partial charge in [0.05, 0.1) is 0 Å². The van der Waals surface area contributed by atoms with Gasteiger partial charge < -0.3 is 0 Å². The lowest BCUT2D eigenvalue weighted by Gasteiger charge is -1.78. The van der Waals surface area contributed by atoms with Crippen molar-refractivity contribution in [2.75, 3.05) is 0 Å². The van der Waals surface area contributed by atoms with Gasteiger partial charge in [0.15, 0.2) is 52.1 Å². The van der Waals surface area contributed by atoms with Crippen LogP contribution in [-0.2, 0) is 41.1 Å². The van der Waals surface area contributed by atoms with E-state index in [1.807, 2.05) is 0 Å². The van der Waals surface area contributed by atoms with Gasteiger partial charge in [-0.05, 0) is 0 Å². The zero-order valence-corrected chi connectivity index (χ0v) is 27.2. The van der Waals surface area contributed by atoms with Gasteiger partial charge in [-0.1, -0.05) is 0 Å². The van der Waals surface area contributed by atoms with Crippen molar-refractivity contribution in [2.45, 2.75) is 0 Å². The van der Waals surface area contributed by atoms with Gasteiger partial charge in [0.2, 0.25) is 0 Å². The molecule has 0 aromatic heterocycles. The first-order chi connectivity index (χ1) is 18.0. The first-order valence-electron chi connectivity index (χ1n) is 6.76. The normalized spacial score (nSPS) is 11.1. The summed E-state index contributed by atoms with van der Waals surface area (Å²) in [4.78, 5) is 125. The number of halogens is 9. The smallest absolute Gasteiger partial charge is 0.299 e. The zero-order valence-electron chi connectivity index (χ0n) is 19.2. The molecule has 48 heavy (non-hydrogen) atoms. The highest BCUT2D eigenvalue weighted by Gasteiger charge is 2.08. The monoisotopic (exact) mass is 990 g/mol. The molecule has 0 aliphatic carbocycles. The highest BCUT2D eigenvalue weighted by atomic mass is 31.2. The molecule has 0 fully saturated rings. The standard InChI is InChI=1S/3Al.9FH2O3P.9H/c;;;9*1-5(2,3)4;;;;;;;;;/h;;;9*(H2,2,3,4);;;;;;;;;. The third kappa shape index (κ3) is 20100. The molecule has 0 aromatic carbocycles. The summed E-state index contributed by atoms with van der Waals surface area (Å²) in [5, 5.41) is 0. The summed E-state index contributed by atoms with van der Waals surface area (Å²) >= 11 is 0. The molecule has 0 radical (unpaired) electrons. The van der Waals surface area contributed by atoms with Crippen molar-refractivity contribution in [3.05, 3.63) is 0 Å². The van der Waals surface area contributed by atoms with Crippen LogP contribution < -0.4 is 0 Å². The Balaban J connectivity index is -0.0000000301. The second-order valence-electron chi connectivity index (χ2n) is 4.26. The summed E-state index contributed by atoms with van der Waals surface area (Å²) in [5.41, 5.74) is 0. The van der Waals surface area contributed by atoms with Gasteiger partial charge in [0.1, 0.15) is 0 Å². The number of hydrogen-bond donors (Lipinski definition) is 18. The molecule has 0 aromatic rings. The van der Waals surface area contributed by atoms with Crippen LogP contribution in [-0.4, -0.2) is 140 Å². The van der Waals surface area contributed by atoms with Crippen molar-refractivity contribution in [3.8, 4) is 0 Å². The summed E-state index contributed by atoms with van der Waals surface area (Å²) in [7, 11) is -46.2. The van der Waals surface area contributed by atoms with Gasteiger partial charge in [-0.2, -0.15) is 0 Å². The third-order valence-corrected chi connectivity index (χ3v) is 0. The van der Waals surface area contributed by atoms with Crippen LogP contribution >= 0.6 is 71.2 Å². The second kappa shape index (κ2) is 36.3. The quantitative estimate of drug-likeness (QED) is 0.0649.